The van der Waals surface area contributed by atoms with E-state index in [0.29, 0.717) is 41.5 Å². The fraction of sp³-hybridized carbons (Fsp3) is 0.375. The lowest BCUT2D eigenvalue weighted by Gasteiger charge is -2.10. The molecular formula is C24H22F5N7. The van der Waals surface area contributed by atoms with Crippen molar-refractivity contribution in [1.82, 2.24) is 34.5 Å². The number of aromatic nitrogens is 7. The molecule has 0 atom stereocenters. The molecule has 1 aliphatic carbocycles. The zero-order valence-corrected chi connectivity index (χ0v) is 19.5. The van der Waals surface area contributed by atoms with Gasteiger partial charge in [-0.25, -0.2) is 23.4 Å². The molecule has 1 aliphatic rings. The van der Waals surface area contributed by atoms with Crippen molar-refractivity contribution in [3.05, 3.63) is 70.8 Å². The van der Waals surface area contributed by atoms with E-state index in [9.17, 15) is 22.0 Å². The Morgan fingerprint density at radius 3 is 2.44 bits per heavy atom. The van der Waals surface area contributed by atoms with Crippen LogP contribution in [0.3, 0.4) is 0 Å². The van der Waals surface area contributed by atoms with E-state index in [1.54, 1.807) is 13.0 Å². The molecule has 0 radical (unpaired) electrons. The topological polar surface area (TPSA) is 74.3 Å². The molecule has 188 valence electrons. The lowest BCUT2D eigenvalue weighted by Crippen LogP contribution is -2.10. The summed E-state index contributed by atoms with van der Waals surface area (Å²) in [5, 5.41) is 8.85. The second kappa shape index (κ2) is 9.07. The fourth-order valence-electron chi connectivity index (χ4n) is 4.11. The summed E-state index contributed by atoms with van der Waals surface area (Å²) in [5.41, 5.74) is 2.45. The molecule has 1 fully saturated rings. The minimum atomic E-state index is -4.52. The molecule has 7 nitrogen and oxygen atoms in total. The normalized spacial score (nSPS) is 14.1. The first-order chi connectivity index (χ1) is 17.1. The van der Waals surface area contributed by atoms with E-state index < -0.39 is 18.3 Å². The van der Waals surface area contributed by atoms with E-state index in [4.69, 9.17) is 5.10 Å². The first-order valence-corrected chi connectivity index (χ1v) is 11.4. The zero-order chi connectivity index (χ0) is 25.6. The predicted molar refractivity (Wildman–Crippen MR) is 120 cm³/mol. The van der Waals surface area contributed by atoms with Crippen molar-refractivity contribution in [3.8, 4) is 17.1 Å². The van der Waals surface area contributed by atoms with Crippen molar-refractivity contribution in [2.24, 2.45) is 5.92 Å². The maximum atomic E-state index is 13.5. The van der Waals surface area contributed by atoms with Gasteiger partial charge < -0.3 is 0 Å². The van der Waals surface area contributed by atoms with Crippen LogP contribution in [0.2, 0.25) is 0 Å². The van der Waals surface area contributed by atoms with Crippen LogP contribution in [0.15, 0.2) is 36.8 Å². The van der Waals surface area contributed by atoms with Crippen LogP contribution in [0.5, 0.6) is 0 Å². The monoisotopic (exact) mass is 503 g/mol. The van der Waals surface area contributed by atoms with Crippen molar-refractivity contribution >= 4 is 0 Å². The fourth-order valence-corrected chi connectivity index (χ4v) is 4.11. The van der Waals surface area contributed by atoms with Crippen LogP contribution >= 0.6 is 0 Å². The van der Waals surface area contributed by atoms with E-state index in [0.717, 1.165) is 34.8 Å². The first-order valence-electron chi connectivity index (χ1n) is 11.4. The molecule has 0 bridgehead atoms. The molecule has 4 aromatic rings. The molecule has 0 unspecified atom stereocenters. The summed E-state index contributed by atoms with van der Waals surface area (Å²) < 4.78 is 68.8. The molecule has 36 heavy (non-hydrogen) atoms. The van der Waals surface area contributed by atoms with Crippen LogP contribution in [-0.2, 0) is 19.1 Å². The van der Waals surface area contributed by atoms with E-state index in [2.05, 4.69) is 20.1 Å². The van der Waals surface area contributed by atoms with Gasteiger partial charge in [-0.2, -0.15) is 23.4 Å². The zero-order valence-electron chi connectivity index (χ0n) is 19.5. The van der Waals surface area contributed by atoms with Crippen molar-refractivity contribution in [3.63, 3.8) is 0 Å². The van der Waals surface area contributed by atoms with Crippen LogP contribution in [0.1, 0.15) is 53.3 Å². The van der Waals surface area contributed by atoms with Crippen molar-refractivity contribution in [1.29, 1.82) is 0 Å². The highest BCUT2D eigenvalue weighted by Gasteiger charge is 2.32. The van der Waals surface area contributed by atoms with Crippen molar-refractivity contribution in [2.75, 3.05) is 0 Å². The number of hydrogen-bond donors (Lipinski definition) is 0. The van der Waals surface area contributed by atoms with Gasteiger partial charge in [-0.05, 0) is 56.4 Å². The number of alkyl halides is 5. The Kier molecular flexibility index (Phi) is 6.05. The third kappa shape index (κ3) is 4.84. The summed E-state index contributed by atoms with van der Waals surface area (Å²) in [7, 11) is 0. The highest BCUT2D eigenvalue weighted by molar-refractivity contribution is 5.63. The number of halogens is 5. The molecule has 0 spiro atoms. The number of nitrogens with zero attached hydrogens (tertiary/aromatic N) is 7. The predicted octanol–water partition coefficient (Wildman–Crippen LogP) is 5.49. The molecule has 0 aliphatic heterocycles. The minimum Gasteiger partial charge on any atom is -0.268 e. The van der Waals surface area contributed by atoms with Crippen LogP contribution in [0, 0.1) is 19.8 Å². The molecule has 0 aromatic carbocycles. The Morgan fingerprint density at radius 2 is 1.81 bits per heavy atom. The third-order valence-electron chi connectivity index (χ3n) is 6.13. The standard InChI is InChI=1S/C24H22F5N7/c1-13-7-19(23(25)26)36(33-13)21-9-17(31-12-32-21)8-18-14(2)22(34-35(18)11-15-3-4-15)16-5-6-20(30-10-16)24(27,28)29/h5-7,9-10,12,15,23H,3-4,8,11H2,1-2H3. The molecule has 1 saturated carbocycles. The molecule has 12 heteroatoms. The maximum absolute atomic E-state index is 13.5. The van der Waals surface area contributed by atoms with E-state index in [1.165, 1.54) is 24.7 Å². The minimum absolute atomic E-state index is 0.224. The van der Waals surface area contributed by atoms with E-state index >= 15 is 0 Å². The number of rotatable bonds is 7. The summed E-state index contributed by atoms with van der Waals surface area (Å²) in [6, 6.07) is 5.22. The molecule has 4 heterocycles. The van der Waals surface area contributed by atoms with Crippen LogP contribution in [0.4, 0.5) is 22.0 Å². The lowest BCUT2D eigenvalue weighted by atomic mass is 10.1. The number of hydrogen-bond acceptors (Lipinski definition) is 5. The molecule has 4 aromatic heterocycles. The summed E-state index contributed by atoms with van der Waals surface area (Å²) in [6.07, 6.45) is -2.26. The SMILES string of the molecule is Cc1cc(C(F)F)n(-c2cc(Cc3c(C)c(-c4ccc(C(F)(F)F)nc4)nn3CC3CC3)ncn2)n1. The number of aryl methyl sites for hydroxylation is 1. The molecule has 0 N–H and O–H groups in total. The first kappa shape index (κ1) is 24.0. The van der Waals surface area contributed by atoms with Crippen molar-refractivity contribution in [2.45, 2.75) is 52.3 Å². The Balaban J connectivity index is 1.50. The second-order valence-electron chi connectivity index (χ2n) is 8.94. The van der Waals surface area contributed by atoms with Crippen LogP contribution < -0.4 is 0 Å². The van der Waals surface area contributed by atoms with Crippen molar-refractivity contribution < 1.29 is 22.0 Å². The van der Waals surface area contributed by atoms with Gasteiger partial charge in [0.05, 0.1) is 17.1 Å². The average Bonchev–Trinajstić information content (AvgIpc) is 3.49. The average molecular weight is 503 g/mol. The quantitative estimate of drug-likeness (QED) is 0.312. The Bertz CT molecular complexity index is 1390. The van der Waals surface area contributed by atoms with Gasteiger partial charge in [0.1, 0.15) is 17.7 Å². The van der Waals surface area contributed by atoms with Gasteiger partial charge in [0.2, 0.25) is 0 Å². The molecular weight excluding hydrogens is 481 g/mol. The molecule has 0 amide bonds. The van der Waals surface area contributed by atoms with Gasteiger partial charge in [-0.1, -0.05) is 0 Å². The van der Waals surface area contributed by atoms with Gasteiger partial charge >= 0.3 is 6.18 Å². The van der Waals surface area contributed by atoms with E-state index in [1.807, 2.05) is 11.6 Å². The van der Waals surface area contributed by atoms with Crippen LogP contribution in [-0.4, -0.2) is 34.5 Å². The van der Waals surface area contributed by atoms with Gasteiger partial charge in [-0.15, -0.1) is 0 Å². The Hall–Kier alpha value is -3.70. The Morgan fingerprint density at radius 1 is 1.03 bits per heavy atom. The van der Waals surface area contributed by atoms with Gasteiger partial charge in [0.15, 0.2) is 5.82 Å². The highest BCUT2D eigenvalue weighted by atomic mass is 19.4. The summed E-state index contributed by atoms with van der Waals surface area (Å²) >= 11 is 0. The lowest BCUT2D eigenvalue weighted by molar-refractivity contribution is -0.141. The molecule has 0 saturated heterocycles. The van der Waals surface area contributed by atoms with Gasteiger partial charge in [0, 0.05) is 36.5 Å². The summed E-state index contributed by atoms with van der Waals surface area (Å²) in [4.78, 5) is 12.0. The Labute approximate surface area is 203 Å². The van der Waals surface area contributed by atoms with E-state index in [-0.39, 0.29) is 11.5 Å². The van der Waals surface area contributed by atoms with Gasteiger partial charge in [-0.3, -0.25) is 9.67 Å². The second-order valence-corrected chi connectivity index (χ2v) is 8.94. The number of pyridine rings is 1. The highest BCUT2D eigenvalue weighted by Crippen LogP contribution is 2.34. The van der Waals surface area contributed by atoms with Crippen LogP contribution in [0.25, 0.3) is 17.1 Å². The third-order valence-corrected chi connectivity index (χ3v) is 6.13. The smallest absolute Gasteiger partial charge is 0.268 e. The summed E-state index contributed by atoms with van der Waals surface area (Å²) in [5.74, 6) is 0.713. The summed E-state index contributed by atoms with van der Waals surface area (Å²) in [6.45, 7) is 4.16. The van der Waals surface area contributed by atoms with Gasteiger partial charge in [0.25, 0.3) is 6.43 Å². The largest absolute Gasteiger partial charge is 0.433 e. The maximum Gasteiger partial charge on any atom is 0.433 e. The molecule has 5 rings (SSSR count).